The molecule has 0 aliphatic heterocycles. The Morgan fingerprint density at radius 2 is 2.00 bits per heavy atom. The summed E-state index contributed by atoms with van der Waals surface area (Å²) in [5, 5.41) is 19.9. The number of thiazole rings is 1. The summed E-state index contributed by atoms with van der Waals surface area (Å²) in [6.07, 6.45) is 0. The van der Waals surface area contributed by atoms with Crippen LogP contribution in [0.4, 0.5) is 11.6 Å². The van der Waals surface area contributed by atoms with Gasteiger partial charge in [0.15, 0.2) is 0 Å². The van der Waals surface area contributed by atoms with E-state index >= 15 is 0 Å². The number of nitrogens with one attached hydrogen (secondary N) is 1. The number of carbonyl (C=O) groups excluding carboxylic acids is 1. The molecule has 0 fully saturated rings. The Balaban J connectivity index is 1.60. The minimum absolute atomic E-state index is 0.0281. The highest BCUT2D eigenvalue weighted by Crippen LogP contribution is 2.26. The molecule has 4 aromatic rings. The Morgan fingerprint density at radius 1 is 1.22 bits per heavy atom. The third kappa shape index (κ3) is 3.15. The third-order valence-electron chi connectivity index (χ3n) is 4.03. The molecule has 0 bridgehead atoms. The van der Waals surface area contributed by atoms with E-state index in [1.54, 1.807) is 11.4 Å². The van der Waals surface area contributed by atoms with Crippen LogP contribution in [0.3, 0.4) is 0 Å². The monoisotopic (exact) mass is 379 g/mol. The second-order valence-corrected chi connectivity index (χ2v) is 6.67. The van der Waals surface area contributed by atoms with Crippen molar-refractivity contribution in [1.82, 2.24) is 14.6 Å². The van der Waals surface area contributed by atoms with Gasteiger partial charge in [0.1, 0.15) is 0 Å². The number of nitrogens with zero attached hydrogens (tertiary/aromatic N) is 4. The minimum atomic E-state index is -0.479. The second kappa shape index (κ2) is 6.61. The first-order chi connectivity index (χ1) is 13.0. The molecule has 8 nitrogen and oxygen atoms in total. The summed E-state index contributed by atoms with van der Waals surface area (Å²) in [6.45, 7) is 1.59. The van der Waals surface area contributed by atoms with E-state index in [9.17, 15) is 14.9 Å². The Morgan fingerprint density at radius 3 is 2.70 bits per heavy atom. The molecule has 9 heteroatoms. The molecule has 27 heavy (non-hydrogen) atoms. The summed E-state index contributed by atoms with van der Waals surface area (Å²) in [4.78, 5) is 27.8. The molecule has 0 aliphatic rings. The van der Waals surface area contributed by atoms with Gasteiger partial charge in [0, 0.05) is 28.1 Å². The normalized spacial score (nSPS) is 10.9. The lowest BCUT2D eigenvalue weighted by Crippen LogP contribution is -2.13. The van der Waals surface area contributed by atoms with Gasteiger partial charge in [-0.3, -0.25) is 20.2 Å². The lowest BCUT2D eigenvalue weighted by Gasteiger charge is -2.03. The predicted molar refractivity (Wildman–Crippen MR) is 102 cm³/mol. The number of hydrogen-bond acceptors (Lipinski definition) is 6. The van der Waals surface area contributed by atoms with Crippen molar-refractivity contribution in [2.75, 3.05) is 5.32 Å². The molecule has 2 aromatic carbocycles. The molecule has 4 rings (SSSR count). The number of hydrogen-bond donors (Lipinski definition) is 1. The number of carbonyl (C=O) groups is 1. The van der Waals surface area contributed by atoms with Gasteiger partial charge in [0.05, 0.1) is 10.6 Å². The highest BCUT2D eigenvalue weighted by Gasteiger charge is 2.17. The van der Waals surface area contributed by atoms with Crippen LogP contribution in [-0.4, -0.2) is 25.4 Å². The molecule has 0 spiro atoms. The van der Waals surface area contributed by atoms with Crippen LogP contribution in [0.15, 0.2) is 53.9 Å². The lowest BCUT2D eigenvalue weighted by molar-refractivity contribution is -0.385. The summed E-state index contributed by atoms with van der Waals surface area (Å²) >= 11 is 1.42. The molecule has 0 unspecified atom stereocenters. The maximum atomic E-state index is 12.4. The summed E-state index contributed by atoms with van der Waals surface area (Å²) in [6, 6.07) is 14.0. The zero-order valence-corrected chi connectivity index (χ0v) is 14.9. The van der Waals surface area contributed by atoms with Crippen molar-refractivity contribution >= 4 is 33.8 Å². The van der Waals surface area contributed by atoms with Crippen LogP contribution >= 0.6 is 11.3 Å². The fraction of sp³-hybridized carbons (Fsp3) is 0.0556. The Hall–Kier alpha value is -3.59. The van der Waals surface area contributed by atoms with Crippen LogP contribution in [0.5, 0.6) is 0 Å². The number of anilines is 1. The van der Waals surface area contributed by atoms with Gasteiger partial charge < -0.3 is 0 Å². The Labute approximate surface area is 157 Å². The predicted octanol–water partition coefficient (Wildman–Crippen LogP) is 3.93. The summed E-state index contributed by atoms with van der Waals surface area (Å²) in [7, 11) is 0. The molecular formula is C18H13N5O3S. The molecule has 0 saturated carbocycles. The molecule has 1 amide bonds. The van der Waals surface area contributed by atoms with Crippen LogP contribution in [0.1, 0.15) is 15.9 Å². The number of benzene rings is 2. The van der Waals surface area contributed by atoms with Crippen LogP contribution in [0.2, 0.25) is 0 Å². The van der Waals surface area contributed by atoms with Crippen molar-refractivity contribution in [1.29, 1.82) is 0 Å². The van der Waals surface area contributed by atoms with E-state index in [0.717, 1.165) is 11.3 Å². The number of aromatic nitrogens is 3. The Kier molecular flexibility index (Phi) is 4.13. The lowest BCUT2D eigenvalue weighted by atomic mass is 10.1. The van der Waals surface area contributed by atoms with Crippen molar-refractivity contribution in [2.45, 2.75) is 6.92 Å². The standard InChI is InChI=1S/C18H13N5O3S/c1-11-9-13(7-8-14(11)23(25)26)16(24)19-17-20-18-22(21-17)15(10-27-18)12-5-3-2-4-6-12/h2-10H,1H3,(H,19,21,24). The van der Waals surface area contributed by atoms with E-state index in [1.165, 1.54) is 29.5 Å². The number of rotatable bonds is 4. The van der Waals surface area contributed by atoms with Gasteiger partial charge in [-0.15, -0.1) is 16.4 Å². The molecule has 0 radical (unpaired) electrons. The van der Waals surface area contributed by atoms with Crippen molar-refractivity contribution in [3.63, 3.8) is 0 Å². The molecule has 1 N–H and O–H groups in total. The average Bonchev–Trinajstić information content (AvgIpc) is 3.22. The number of fused-ring (bicyclic) bond motifs is 1. The number of nitro benzene ring substituents is 1. The van der Waals surface area contributed by atoms with Gasteiger partial charge >= 0.3 is 0 Å². The van der Waals surface area contributed by atoms with Crippen LogP contribution in [-0.2, 0) is 0 Å². The molecule has 0 saturated heterocycles. The summed E-state index contributed by atoms with van der Waals surface area (Å²) in [5.74, 6) is -0.243. The molecule has 2 aromatic heterocycles. The second-order valence-electron chi connectivity index (χ2n) is 5.83. The van der Waals surface area contributed by atoms with Crippen molar-refractivity contribution in [2.24, 2.45) is 0 Å². The van der Waals surface area contributed by atoms with E-state index in [-0.39, 0.29) is 11.6 Å². The smallest absolute Gasteiger partial charge is 0.272 e. The Bertz CT molecular complexity index is 1170. The zero-order chi connectivity index (χ0) is 19.0. The molecular weight excluding hydrogens is 366 g/mol. The quantitative estimate of drug-likeness (QED) is 0.427. The molecule has 2 heterocycles. The number of amides is 1. The summed E-state index contributed by atoms with van der Waals surface area (Å²) < 4.78 is 1.68. The first kappa shape index (κ1) is 16.9. The van der Waals surface area contributed by atoms with E-state index < -0.39 is 10.8 Å². The maximum absolute atomic E-state index is 12.4. The van der Waals surface area contributed by atoms with Crippen molar-refractivity contribution < 1.29 is 9.72 Å². The van der Waals surface area contributed by atoms with Gasteiger partial charge in [-0.25, -0.2) is 4.52 Å². The topological polar surface area (TPSA) is 102 Å². The van der Waals surface area contributed by atoms with Crippen LogP contribution < -0.4 is 5.32 Å². The van der Waals surface area contributed by atoms with E-state index in [4.69, 9.17) is 0 Å². The molecule has 0 atom stereocenters. The van der Waals surface area contributed by atoms with Gasteiger partial charge in [-0.1, -0.05) is 30.3 Å². The van der Waals surface area contributed by atoms with E-state index in [1.807, 2.05) is 35.7 Å². The van der Waals surface area contributed by atoms with Gasteiger partial charge in [0.2, 0.25) is 4.96 Å². The minimum Gasteiger partial charge on any atom is -0.289 e. The summed E-state index contributed by atoms with van der Waals surface area (Å²) in [5.41, 5.74) is 2.57. The fourth-order valence-corrected chi connectivity index (χ4v) is 3.55. The third-order valence-corrected chi connectivity index (χ3v) is 4.85. The SMILES string of the molecule is Cc1cc(C(=O)Nc2nc3scc(-c4ccccc4)n3n2)ccc1[N+](=O)[O-]. The number of aryl methyl sites for hydroxylation is 1. The average molecular weight is 379 g/mol. The van der Waals surface area contributed by atoms with Crippen LogP contribution in [0, 0.1) is 17.0 Å². The zero-order valence-electron chi connectivity index (χ0n) is 14.1. The highest BCUT2D eigenvalue weighted by molar-refractivity contribution is 7.15. The van der Waals surface area contributed by atoms with Crippen molar-refractivity contribution in [3.05, 3.63) is 75.2 Å². The van der Waals surface area contributed by atoms with Gasteiger partial charge in [-0.05, 0) is 19.1 Å². The molecule has 134 valence electrons. The fourth-order valence-electron chi connectivity index (χ4n) is 2.72. The molecule has 0 aliphatic carbocycles. The van der Waals surface area contributed by atoms with Crippen LogP contribution in [0.25, 0.3) is 16.2 Å². The highest BCUT2D eigenvalue weighted by atomic mass is 32.1. The van der Waals surface area contributed by atoms with Gasteiger partial charge in [0.25, 0.3) is 17.5 Å². The first-order valence-corrected chi connectivity index (χ1v) is 8.87. The van der Waals surface area contributed by atoms with Gasteiger partial charge in [-0.2, -0.15) is 4.98 Å². The maximum Gasteiger partial charge on any atom is 0.272 e. The number of nitro groups is 1. The largest absolute Gasteiger partial charge is 0.289 e. The first-order valence-electron chi connectivity index (χ1n) is 7.99. The van der Waals surface area contributed by atoms with E-state index in [0.29, 0.717) is 16.1 Å². The van der Waals surface area contributed by atoms with Crippen molar-refractivity contribution in [3.8, 4) is 11.3 Å². The van der Waals surface area contributed by atoms with E-state index in [2.05, 4.69) is 15.4 Å².